The van der Waals surface area contributed by atoms with E-state index < -0.39 is 23.9 Å². The summed E-state index contributed by atoms with van der Waals surface area (Å²) in [7, 11) is 0. The number of carbonyl (C=O) groups is 2. The number of nitrogens with zero attached hydrogens (tertiary/aromatic N) is 8. The minimum absolute atomic E-state index is 0. The molecule has 0 aliphatic heterocycles. The zero-order valence-electron chi connectivity index (χ0n) is 34.5. The Balaban J connectivity index is 0.000000235. The van der Waals surface area contributed by atoms with E-state index in [0.29, 0.717) is 59.0 Å². The molecule has 0 unspecified atom stereocenters. The summed E-state index contributed by atoms with van der Waals surface area (Å²) in [5.41, 5.74) is 13.3. The van der Waals surface area contributed by atoms with Crippen molar-refractivity contribution in [3.8, 4) is 11.4 Å². The second-order valence-electron chi connectivity index (χ2n) is 13.9. The average Bonchev–Trinajstić information content (AvgIpc) is 3.31. The van der Waals surface area contributed by atoms with Crippen LogP contribution in [-0.4, -0.2) is 40.9 Å². The zero-order chi connectivity index (χ0) is 46.9. The first-order valence-corrected chi connectivity index (χ1v) is 20.7. The van der Waals surface area contributed by atoms with Gasteiger partial charge in [-0.25, -0.2) is 15.0 Å². The van der Waals surface area contributed by atoms with E-state index in [9.17, 15) is 19.2 Å². The topological polar surface area (TPSA) is 234 Å². The standard InChI is InChI=1S/C23H17ClN6O2.C22H17BrClN5O2.CN.Cu/c1-13(28-22(31)20-21(25)27-12-18(26-2)29-20)17-11-14-7-6-10-16(24)19(14)23(32)30(17)15-8-4-3-5-9-15;1-12(27-21(30)19-20(25)26-11-17(23)28-19)16-10-13-6-5-9-15(24)18(13)22(31)29(16)14-7-3-2-4-8-14;1-2;/h3-13H,1H3,(H2,25,27)(H,28,31);2-12H,1H3,(H2,25,26)(H,27,30);;/q;;-1;+1/t13-;12-;;/m00../s1. The molecule has 16 nitrogen and oxygen atoms in total. The number of fused-ring (bicyclic) bond motifs is 2. The Labute approximate surface area is 405 Å². The molecule has 66 heavy (non-hydrogen) atoms. The van der Waals surface area contributed by atoms with Gasteiger partial charge in [0, 0.05) is 22.8 Å². The number of rotatable bonds is 8. The fraction of sp³-hybridized carbons (Fsp3) is 0.0870. The molecular formula is C46H34BrCl2CuN12O4. The molecule has 8 rings (SSSR count). The number of halogens is 3. The van der Waals surface area contributed by atoms with Crippen molar-refractivity contribution < 1.29 is 26.7 Å². The van der Waals surface area contributed by atoms with Crippen LogP contribution in [0.1, 0.15) is 58.3 Å². The molecule has 0 aliphatic carbocycles. The molecule has 0 fully saturated rings. The summed E-state index contributed by atoms with van der Waals surface area (Å²) in [6.45, 7) is 15.3. The Morgan fingerprint density at radius 1 is 0.682 bits per heavy atom. The number of benzene rings is 4. The van der Waals surface area contributed by atoms with E-state index in [2.05, 4.69) is 51.3 Å². The Kier molecular flexibility index (Phi) is 16.5. The van der Waals surface area contributed by atoms with E-state index in [-0.39, 0.29) is 57.0 Å². The van der Waals surface area contributed by atoms with E-state index in [1.165, 1.54) is 17.0 Å². The van der Waals surface area contributed by atoms with Gasteiger partial charge in [-0.05, 0) is 89.1 Å². The van der Waals surface area contributed by atoms with Crippen LogP contribution in [0.15, 0.2) is 136 Å². The SMILES string of the molecule is C[C@H](NC(=O)c1nc(Br)cnc1N)c1cc2cccc(Cl)c2c(=O)n1-c1ccccc1.[C-]#N.[C-]#[N+]c1cnc(N)c(C(=O)N[C@@H](C)c2cc3cccc(Cl)c3c(=O)n2-c2ccccc2)n1.[Cu+]. The first-order chi connectivity index (χ1) is 31.3. The molecule has 334 valence electrons. The third-order valence-corrected chi connectivity index (χ3v) is 10.8. The molecule has 8 aromatic rings. The fourth-order valence-corrected chi connectivity index (χ4v) is 7.64. The van der Waals surface area contributed by atoms with Gasteiger partial charge in [0.05, 0.1) is 45.3 Å². The van der Waals surface area contributed by atoms with Gasteiger partial charge in [-0.1, -0.05) is 90.4 Å². The maximum Gasteiger partial charge on any atom is 1.00 e. The molecule has 0 aliphatic rings. The van der Waals surface area contributed by atoms with Crippen LogP contribution < -0.4 is 33.2 Å². The van der Waals surface area contributed by atoms with Crippen molar-refractivity contribution in [2.24, 2.45) is 0 Å². The first-order valence-electron chi connectivity index (χ1n) is 19.2. The van der Waals surface area contributed by atoms with Crippen LogP contribution in [-0.2, 0) is 17.1 Å². The third kappa shape index (κ3) is 10.6. The van der Waals surface area contributed by atoms with Crippen molar-refractivity contribution in [3.05, 3.63) is 198 Å². The predicted octanol–water partition coefficient (Wildman–Crippen LogP) is 8.42. The van der Waals surface area contributed by atoms with E-state index in [1.807, 2.05) is 66.7 Å². The Morgan fingerprint density at radius 2 is 1.09 bits per heavy atom. The summed E-state index contributed by atoms with van der Waals surface area (Å²) in [6, 6.07) is 31.2. The number of nitrogen functional groups attached to an aromatic ring is 2. The van der Waals surface area contributed by atoms with Gasteiger partial charge in [0.1, 0.15) is 4.60 Å². The molecule has 2 atom stereocenters. The van der Waals surface area contributed by atoms with E-state index in [0.717, 1.165) is 0 Å². The molecule has 4 heterocycles. The molecule has 4 aromatic heterocycles. The largest absolute Gasteiger partial charge is 1.00 e. The van der Waals surface area contributed by atoms with Crippen molar-refractivity contribution in [1.29, 1.82) is 5.26 Å². The number of amides is 2. The zero-order valence-corrected chi connectivity index (χ0v) is 38.5. The molecule has 0 spiro atoms. The number of anilines is 2. The third-order valence-electron chi connectivity index (χ3n) is 9.76. The van der Waals surface area contributed by atoms with Crippen molar-refractivity contribution in [2.75, 3.05) is 11.5 Å². The van der Waals surface area contributed by atoms with Gasteiger partial charge < -0.3 is 38.8 Å². The number of carbonyl (C=O) groups excluding carboxylic acids is 2. The van der Waals surface area contributed by atoms with Gasteiger partial charge in [0.25, 0.3) is 34.4 Å². The van der Waals surface area contributed by atoms with Crippen LogP contribution in [0, 0.1) is 18.4 Å². The Bertz CT molecular complexity index is 3290. The quantitative estimate of drug-likeness (QED) is 0.0833. The summed E-state index contributed by atoms with van der Waals surface area (Å²) < 4.78 is 3.46. The Hall–Kier alpha value is -7.44. The maximum absolute atomic E-state index is 13.5. The van der Waals surface area contributed by atoms with Crippen LogP contribution in [0.4, 0.5) is 17.5 Å². The van der Waals surface area contributed by atoms with Crippen LogP contribution >= 0.6 is 39.1 Å². The van der Waals surface area contributed by atoms with Crippen molar-refractivity contribution >= 4 is 89.9 Å². The van der Waals surface area contributed by atoms with E-state index in [4.69, 9.17) is 53.1 Å². The van der Waals surface area contributed by atoms with Crippen LogP contribution in [0.25, 0.3) is 37.8 Å². The molecule has 20 heteroatoms. The summed E-state index contributed by atoms with van der Waals surface area (Å²) >= 11 is 15.9. The Morgan fingerprint density at radius 3 is 1.52 bits per heavy atom. The number of nitrogens with one attached hydrogen (secondary N) is 2. The fourth-order valence-electron chi connectivity index (χ4n) is 6.84. The summed E-state index contributed by atoms with van der Waals surface area (Å²) in [6.07, 6.45) is 2.61. The maximum atomic E-state index is 13.5. The smallest absolute Gasteiger partial charge is 0.512 e. The van der Waals surface area contributed by atoms with Crippen LogP contribution in [0.2, 0.25) is 10.0 Å². The molecule has 2 amide bonds. The van der Waals surface area contributed by atoms with Crippen molar-refractivity contribution in [3.63, 3.8) is 0 Å². The normalized spacial score (nSPS) is 11.3. The number of para-hydroxylation sites is 2. The van der Waals surface area contributed by atoms with Gasteiger partial charge >= 0.3 is 17.1 Å². The molecule has 0 radical (unpaired) electrons. The minimum Gasteiger partial charge on any atom is -0.512 e. The van der Waals surface area contributed by atoms with Crippen molar-refractivity contribution in [1.82, 2.24) is 39.7 Å². The summed E-state index contributed by atoms with van der Waals surface area (Å²) in [5, 5.41) is 14.8. The summed E-state index contributed by atoms with van der Waals surface area (Å²) in [5.74, 6) is -1.23. The molecule has 0 bridgehead atoms. The molecular weight excluding hydrogens is 999 g/mol. The van der Waals surface area contributed by atoms with Gasteiger partial charge in [-0.15, -0.1) is 4.98 Å². The number of aromatic nitrogens is 6. The van der Waals surface area contributed by atoms with Gasteiger partial charge in [-0.2, -0.15) is 0 Å². The number of hydrogen-bond donors (Lipinski definition) is 4. The van der Waals surface area contributed by atoms with Gasteiger partial charge in [-0.3, -0.25) is 28.3 Å². The first kappa shape index (κ1) is 49.6. The van der Waals surface area contributed by atoms with Crippen LogP contribution in [0.5, 0.6) is 0 Å². The minimum atomic E-state index is -0.614. The van der Waals surface area contributed by atoms with Crippen molar-refractivity contribution in [2.45, 2.75) is 25.9 Å². The second kappa shape index (κ2) is 22.0. The predicted molar refractivity (Wildman–Crippen MR) is 253 cm³/mol. The molecule has 0 saturated carbocycles. The summed E-state index contributed by atoms with van der Waals surface area (Å²) in [4.78, 5) is 71.6. The van der Waals surface area contributed by atoms with Gasteiger partial charge in [0.2, 0.25) is 0 Å². The number of hydrogen-bond acceptors (Lipinski definition) is 11. The average molecular weight is 1030 g/mol. The molecule has 6 N–H and O–H groups in total. The monoisotopic (exact) mass is 1030 g/mol. The molecule has 0 saturated heterocycles. The van der Waals surface area contributed by atoms with E-state index in [1.54, 1.807) is 60.9 Å². The van der Waals surface area contributed by atoms with Crippen LogP contribution in [0.3, 0.4) is 0 Å². The second-order valence-corrected chi connectivity index (χ2v) is 15.5. The number of nitrogens with two attached hydrogens (primary N) is 2. The number of pyridine rings is 2. The van der Waals surface area contributed by atoms with E-state index >= 15 is 0 Å². The van der Waals surface area contributed by atoms with Gasteiger partial charge in [0.15, 0.2) is 17.3 Å². The molecule has 4 aromatic carbocycles.